The number of halogens is 3. The molecule has 192 valence electrons. The molecule has 0 aliphatic carbocycles. The molecule has 3 aromatic rings. The summed E-state index contributed by atoms with van der Waals surface area (Å²) in [5.41, 5.74) is 2.92. The topological polar surface area (TPSA) is 57.7 Å². The van der Waals surface area contributed by atoms with Crippen molar-refractivity contribution in [3.8, 4) is 17.0 Å². The molecule has 8 heteroatoms. The molecular weight excluding hydrogens is 471 g/mol. The highest BCUT2D eigenvalue weighted by Gasteiger charge is 2.30. The molecule has 0 unspecified atom stereocenters. The fourth-order valence-electron chi connectivity index (χ4n) is 3.64. The highest BCUT2D eigenvalue weighted by molar-refractivity contribution is 5.60. The van der Waals surface area contributed by atoms with Crippen molar-refractivity contribution in [1.82, 2.24) is 4.98 Å². The molecule has 0 aliphatic rings. The predicted octanol–water partition coefficient (Wildman–Crippen LogP) is 8.06. The summed E-state index contributed by atoms with van der Waals surface area (Å²) in [7, 11) is 0. The van der Waals surface area contributed by atoms with Crippen LogP contribution in [0.15, 0.2) is 60.7 Å². The van der Waals surface area contributed by atoms with Gasteiger partial charge in [0.15, 0.2) is 0 Å². The van der Waals surface area contributed by atoms with Crippen molar-refractivity contribution in [2.75, 3.05) is 6.61 Å². The van der Waals surface area contributed by atoms with Gasteiger partial charge in [-0.1, -0.05) is 37.6 Å². The summed E-state index contributed by atoms with van der Waals surface area (Å²) in [6, 6.07) is 16.0. The third-order valence-corrected chi connectivity index (χ3v) is 5.63. The molecule has 3 rings (SSSR count). The molecule has 0 fully saturated rings. The highest BCUT2D eigenvalue weighted by Crippen LogP contribution is 2.32. The molecule has 0 N–H and O–H groups in total. The van der Waals surface area contributed by atoms with Gasteiger partial charge in [0.1, 0.15) is 18.5 Å². The molecule has 0 amide bonds. The van der Waals surface area contributed by atoms with Crippen LogP contribution in [0.2, 0.25) is 0 Å². The summed E-state index contributed by atoms with van der Waals surface area (Å²) in [5, 5.41) is 0. The normalized spacial score (nSPS) is 12.2. The van der Waals surface area contributed by atoms with E-state index in [1.54, 1.807) is 13.0 Å². The molecule has 0 saturated heterocycles. The fourth-order valence-corrected chi connectivity index (χ4v) is 3.64. The minimum Gasteiger partial charge on any atom is -0.484 e. The molecule has 0 bridgehead atoms. The second kappa shape index (κ2) is 12.4. The zero-order valence-corrected chi connectivity index (χ0v) is 20.6. The van der Waals surface area contributed by atoms with Crippen molar-refractivity contribution in [3.05, 3.63) is 83.0 Å². The number of aryl methyl sites for hydroxylation is 1. The number of alkyl halides is 3. The summed E-state index contributed by atoms with van der Waals surface area (Å²) >= 11 is 0. The molecule has 0 radical (unpaired) electrons. The summed E-state index contributed by atoms with van der Waals surface area (Å²) < 4.78 is 55.0. The highest BCUT2D eigenvalue weighted by atomic mass is 19.4. The average Bonchev–Trinajstić information content (AvgIpc) is 2.86. The molecular formula is C28H30F3NO4. The van der Waals surface area contributed by atoms with Gasteiger partial charge < -0.3 is 14.2 Å². The lowest BCUT2D eigenvalue weighted by Gasteiger charge is -2.20. The van der Waals surface area contributed by atoms with Crippen LogP contribution >= 0.6 is 0 Å². The lowest BCUT2D eigenvalue weighted by molar-refractivity contribution is -0.137. The minimum absolute atomic E-state index is 0.0982. The molecule has 1 atom stereocenters. The maximum absolute atomic E-state index is 12.9. The van der Waals surface area contributed by atoms with Crippen LogP contribution < -0.4 is 4.74 Å². The van der Waals surface area contributed by atoms with Gasteiger partial charge in [0.2, 0.25) is 0 Å². The predicted molar refractivity (Wildman–Crippen MR) is 131 cm³/mol. The third kappa shape index (κ3) is 7.47. The van der Waals surface area contributed by atoms with E-state index in [-0.39, 0.29) is 19.3 Å². The first kappa shape index (κ1) is 27.0. The molecule has 0 aliphatic heterocycles. The Bertz CT molecular complexity index is 1150. The monoisotopic (exact) mass is 501 g/mol. The first-order chi connectivity index (χ1) is 17.2. The van der Waals surface area contributed by atoms with Crippen LogP contribution in [0, 0.1) is 6.92 Å². The van der Waals surface area contributed by atoms with Crippen molar-refractivity contribution in [2.24, 2.45) is 0 Å². The first-order valence-corrected chi connectivity index (χ1v) is 11.9. The number of carbonyl (C=O) groups is 1. The van der Waals surface area contributed by atoms with Gasteiger partial charge in [-0.15, -0.1) is 0 Å². The van der Waals surface area contributed by atoms with Crippen molar-refractivity contribution >= 4 is 6.16 Å². The Labute approximate surface area is 209 Å². The van der Waals surface area contributed by atoms with Gasteiger partial charge >= 0.3 is 12.3 Å². The Kier molecular flexibility index (Phi) is 9.33. The number of nitrogens with zero attached hydrogens (tertiary/aromatic N) is 1. The van der Waals surface area contributed by atoms with Crippen LogP contribution in [-0.2, 0) is 22.3 Å². The van der Waals surface area contributed by atoms with Crippen LogP contribution in [0.4, 0.5) is 18.0 Å². The number of hydrogen-bond acceptors (Lipinski definition) is 5. The van der Waals surface area contributed by atoms with Crippen LogP contribution in [0.25, 0.3) is 11.3 Å². The van der Waals surface area contributed by atoms with Crippen LogP contribution in [-0.4, -0.2) is 17.7 Å². The molecule has 5 nitrogen and oxygen atoms in total. The number of hydrogen-bond donors (Lipinski definition) is 0. The molecule has 36 heavy (non-hydrogen) atoms. The SMILES string of the molecule is CCCC[C@@H](Oc1ccc(COC(=O)OCC)c(C)c1)c1cccc(-c2ccc(C(F)(F)F)cc2)n1. The summed E-state index contributed by atoms with van der Waals surface area (Å²) in [5.74, 6) is 0.648. The number of rotatable bonds is 10. The van der Waals surface area contributed by atoms with E-state index in [1.165, 1.54) is 12.1 Å². The zero-order chi connectivity index (χ0) is 26.1. The van der Waals surface area contributed by atoms with Crippen molar-refractivity contribution in [3.63, 3.8) is 0 Å². The van der Waals surface area contributed by atoms with Crippen molar-refractivity contribution < 1.29 is 32.2 Å². The molecule has 1 heterocycles. The molecule has 2 aromatic carbocycles. The summed E-state index contributed by atoms with van der Waals surface area (Å²) in [4.78, 5) is 16.2. The van der Waals surface area contributed by atoms with Crippen LogP contribution in [0.1, 0.15) is 61.6 Å². The average molecular weight is 502 g/mol. The van der Waals surface area contributed by atoms with E-state index >= 15 is 0 Å². The summed E-state index contributed by atoms with van der Waals surface area (Å²) in [6.45, 7) is 6.05. The Morgan fingerprint density at radius 2 is 1.75 bits per heavy atom. The lowest BCUT2D eigenvalue weighted by atomic mass is 10.0. The Hall–Kier alpha value is -3.55. The van der Waals surface area contributed by atoms with E-state index in [9.17, 15) is 18.0 Å². The lowest BCUT2D eigenvalue weighted by Crippen LogP contribution is -2.11. The smallest absolute Gasteiger partial charge is 0.484 e. The molecule has 1 aromatic heterocycles. The Morgan fingerprint density at radius 1 is 1.00 bits per heavy atom. The molecule has 0 spiro atoms. The number of unbranched alkanes of at least 4 members (excludes halogenated alkanes) is 1. The Morgan fingerprint density at radius 3 is 2.39 bits per heavy atom. The van der Waals surface area contributed by atoms with Crippen molar-refractivity contribution in [1.29, 1.82) is 0 Å². The van der Waals surface area contributed by atoms with E-state index in [4.69, 9.17) is 19.2 Å². The largest absolute Gasteiger partial charge is 0.508 e. The van der Waals surface area contributed by atoms with Gasteiger partial charge in [-0.2, -0.15) is 13.2 Å². The fraction of sp³-hybridized carbons (Fsp3) is 0.357. The number of benzene rings is 2. The van der Waals surface area contributed by atoms with E-state index in [2.05, 4.69) is 6.92 Å². The van der Waals surface area contributed by atoms with E-state index < -0.39 is 17.9 Å². The number of pyridine rings is 1. The Balaban J connectivity index is 1.78. The van der Waals surface area contributed by atoms with E-state index in [0.717, 1.165) is 42.5 Å². The van der Waals surface area contributed by atoms with Gasteiger partial charge in [-0.3, -0.25) is 0 Å². The third-order valence-electron chi connectivity index (χ3n) is 5.63. The van der Waals surface area contributed by atoms with Gasteiger partial charge in [0.05, 0.1) is 23.6 Å². The number of carbonyl (C=O) groups excluding carboxylic acids is 1. The van der Waals surface area contributed by atoms with E-state index in [0.29, 0.717) is 22.7 Å². The molecule has 0 saturated carbocycles. The maximum atomic E-state index is 12.9. The van der Waals surface area contributed by atoms with Gasteiger partial charge in [-0.05, 0) is 74.2 Å². The second-order valence-electron chi connectivity index (χ2n) is 8.33. The van der Waals surface area contributed by atoms with Crippen LogP contribution in [0.5, 0.6) is 5.75 Å². The number of aromatic nitrogens is 1. The first-order valence-electron chi connectivity index (χ1n) is 11.9. The van der Waals surface area contributed by atoms with Crippen LogP contribution in [0.3, 0.4) is 0 Å². The second-order valence-corrected chi connectivity index (χ2v) is 8.33. The van der Waals surface area contributed by atoms with E-state index in [1.807, 2.05) is 37.3 Å². The van der Waals surface area contributed by atoms with Crippen molar-refractivity contribution in [2.45, 2.75) is 58.9 Å². The quantitative estimate of drug-likeness (QED) is 0.263. The zero-order valence-electron chi connectivity index (χ0n) is 20.6. The van der Waals surface area contributed by atoms with Gasteiger partial charge in [0.25, 0.3) is 0 Å². The van der Waals surface area contributed by atoms with Gasteiger partial charge in [-0.25, -0.2) is 9.78 Å². The summed E-state index contributed by atoms with van der Waals surface area (Å²) in [6.07, 6.45) is -2.81. The maximum Gasteiger partial charge on any atom is 0.508 e. The minimum atomic E-state index is -4.38. The standard InChI is InChI=1S/C28H30F3NO4/c1-4-6-10-26(36-23-16-13-21(19(3)17-23)18-35-27(33)34-5-2)25-9-7-8-24(32-25)20-11-14-22(15-12-20)28(29,30)31/h7-9,11-17,26H,4-6,10,18H2,1-3H3/t26-/m1/s1. The van der Waals surface area contributed by atoms with Gasteiger partial charge in [0, 0.05) is 5.56 Å². The number of ether oxygens (including phenoxy) is 3.